The molecule has 2 aromatic heterocycles. The van der Waals surface area contributed by atoms with E-state index in [4.69, 9.17) is 4.98 Å². The molecule has 2 amide bonds. The predicted octanol–water partition coefficient (Wildman–Crippen LogP) is 4.04. The summed E-state index contributed by atoms with van der Waals surface area (Å²) in [7, 11) is 0. The van der Waals surface area contributed by atoms with Crippen LogP contribution in [0.15, 0.2) is 17.6 Å². The third-order valence-corrected chi connectivity index (χ3v) is 6.45. The maximum atomic E-state index is 12.6. The Morgan fingerprint density at radius 3 is 2.76 bits per heavy atom. The van der Waals surface area contributed by atoms with Gasteiger partial charge >= 0.3 is 6.03 Å². The summed E-state index contributed by atoms with van der Waals surface area (Å²) in [6.07, 6.45) is 8.31. The van der Waals surface area contributed by atoms with Crippen molar-refractivity contribution in [1.82, 2.24) is 19.7 Å². The first-order valence-corrected chi connectivity index (χ1v) is 10.2. The molecular formula is C18H25N5OS. The molecular weight excluding hydrogens is 334 g/mol. The number of aryl methyl sites for hydroxylation is 1. The minimum absolute atomic E-state index is 0.00657. The van der Waals surface area contributed by atoms with Gasteiger partial charge in [0.1, 0.15) is 5.82 Å². The fraction of sp³-hybridized carbons (Fsp3) is 0.611. The molecule has 0 spiro atoms. The number of nitrogens with one attached hydrogen (secondary N) is 1. The van der Waals surface area contributed by atoms with Crippen LogP contribution in [-0.4, -0.2) is 38.8 Å². The Balaban J connectivity index is 1.33. The molecule has 25 heavy (non-hydrogen) atoms. The highest BCUT2D eigenvalue weighted by Crippen LogP contribution is 2.34. The fourth-order valence-electron chi connectivity index (χ4n) is 3.53. The molecule has 0 aromatic carbocycles. The summed E-state index contributed by atoms with van der Waals surface area (Å²) >= 11 is 1.77. The number of thiazole rings is 1. The summed E-state index contributed by atoms with van der Waals surface area (Å²) in [5.74, 6) is 1.32. The SMILES string of the molecule is CCc1csc(C2CCN(C(=O)Nc3ccnn3C3CCC3)CC2)n1. The molecule has 0 unspecified atom stereocenters. The lowest BCUT2D eigenvalue weighted by Crippen LogP contribution is -2.41. The number of likely N-dealkylation sites (tertiary alicyclic amines) is 1. The monoisotopic (exact) mass is 359 g/mol. The van der Waals surface area contributed by atoms with E-state index < -0.39 is 0 Å². The number of carbonyl (C=O) groups is 1. The van der Waals surface area contributed by atoms with Crippen molar-refractivity contribution in [2.75, 3.05) is 18.4 Å². The maximum Gasteiger partial charge on any atom is 0.322 e. The first-order chi connectivity index (χ1) is 12.2. The highest BCUT2D eigenvalue weighted by Gasteiger charge is 2.27. The quantitative estimate of drug-likeness (QED) is 0.896. The highest BCUT2D eigenvalue weighted by molar-refractivity contribution is 7.09. The number of amides is 2. The van der Waals surface area contributed by atoms with E-state index in [2.05, 4.69) is 22.7 Å². The Labute approximate surface area is 152 Å². The maximum absolute atomic E-state index is 12.6. The number of aromatic nitrogens is 3. The van der Waals surface area contributed by atoms with Gasteiger partial charge in [-0.3, -0.25) is 5.32 Å². The number of carbonyl (C=O) groups excluding carboxylic acids is 1. The average Bonchev–Trinajstić information content (AvgIpc) is 3.23. The molecule has 2 fully saturated rings. The third-order valence-electron chi connectivity index (χ3n) is 5.39. The molecule has 7 heteroatoms. The van der Waals surface area contributed by atoms with Crippen LogP contribution in [0, 0.1) is 0 Å². The van der Waals surface area contributed by atoms with Gasteiger partial charge in [0.05, 0.1) is 22.9 Å². The Morgan fingerprint density at radius 1 is 1.32 bits per heavy atom. The summed E-state index contributed by atoms with van der Waals surface area (Å²) in [5.41, 5.74) is 1.18. The molecule has 2 aliphatic rings. The lowest BCUT2D eigenvalue weighted by atomic mass is 9.93. The highest BCUT2D eigenvalue weighted by atomic mass is 32.1. The van der Waals surface area contributed by atoms with Crippen molar-refractivity contribution in [3.63, 3.8) is 0 Å². The molecule has 4 rings (SSSR count). The van der Waals surface area contributed by atoms with Gasteiger partial charge in [0.2, 0.25) is 0 Å². The van der Waals surface area contributed by atoms with Gasteiger partial charge in [0, 0.05) is 30.5 Å². The Kier molecular flexibility index (Phi) is 4.74. The normalized spacial score (nSPS) is 19.0. The standard InChI is InChI=1S/C18H25N5OS/c1-2-14-12-25-17(20-14)13-7-10-22(11-8-13)18(24)21-16-6-9-19-23(16)15-4-3-5-15/h6,9,12-13,15H,2-5,7-8,10-11H2,1H3,(H,21,24). The lowest BCUT2D eigenvalue weighted by Gasteiger charge is -2.32. The van der Waals surface area contributed by atoms with Gasteiger partial charge in [-0.25, -0.2) is 14.5 Å². The Morgan fingerprint density at radius 2 is 2.12 bits per heavy atom. The van der Waals surface area contributed by atoms with Crippen LogP contribution in [0.1, 0.15) is 61.7 Å². The van der Waals surface area contributed by atoms with Crippen molar-refractivity contribution >= 4 is 23.2 Å². The molecule has 2 aromatic rings. The second kappa shape index (κ2) is 7.15. The number of hydrogen-bond acceptors (Lipinski definition) is 4. The number of anilines is 1. The van der Waals surface area contributed by atoms with Gasteiger partial charge in [-0.1, -0.05) is 6.92 Å². The smallest absolute Gasteiger partial charge is 0.322 e. The summed E-state index contributed by atoms with van der Waals surface area (Å²) in [6.45, 7) is 3.71. The number of piperidine rings is 1. The molecule has 0 radical (unpaired) electrons. The van der Waals surface area contributed by atoms with E-state index >= 15 is 0 Å². The van der Waals surface area contributed by atoms with Crippen LogP contribution >= 0.6 is 11.3 Å². The van der Waals surface area contributed by atoms with Crippen LogP contribution in [0.2, 0.25) is 0 Å². The zero-order chi connectivity index (χ0) is 17.2. The largest absolute Gasteiger partial charge is 0.324 e. The van der Waals surface area contributed by atoms with Gasteiger partial charge in [0.15, 0.2) is 0 Å². The number of hydrogen-bond donors (Lipinski definition) is 1. The van der Waals surface area contributed by atoms with Gasteiger partial charge < -0.3 is 4.90 Å². The van der Waals surface area contributed by atoms with Crippen LogP contribution in [0.4, 0.5) is 10.6 Å². The zero-order valence-electron chi connectivity index (χ0n) is 14.6. The van der Waals surface area contributed by atoms with Crippen molar-refractivity contribution < 1.29 is 4.79 Å². The van der Waals surface area contributed by atoms with Gasteiger partial charge in [-0.15, -0.1) is 11.3 Å². The third kappa shape index (κ3) is 3.42. The van der Waals surface area contributed by atoms with Crippen LogP contribution in [0.3, 0.4) is 0 Å². The summed E-state index contributed by atoms with van der Waals surface area (Å²) in [6, 6.07) is 2.34. The van der Waals surface area contributed by atoms with E-state index in [9.17, 15) is 4.79 Å². The molecule has 134 valence electrons. The molecule has 6 nitrogen and oxygen atoms in total. The number of nitrogens with zero attached hydrogens (tertiary/aromatic N) is 4. The van der Waals surface area contributed by atoms with Crippen molar-refractivity contribution in [2.24, 2.45) is 0 Å². The van der Waals surface area contributed by atoms with Crippen LogP contribution in [-0.2, 0) is 6.42 Å². The summed E-state index contributed by atoms with van der Waals surface area (Å²) < 4.78 is 1.97. The van der Waals surface area contributed by atoms with E-state index in [1.807, 2.05) is 15.6 Å². The molecule has 1 aliphatic carbocycles. The van der Waals surface area contributed by atoms with Gasteiger partial charge in [-0.05, 0) is 38.5 Å². The Bertz CT molecular complexity index is 727. The molecule has 3 heterocycles. The van der Waals surface area contributed by atoms with E-state index in [0.29, 0.717) is 12.0 Å². The molecule has 0 atom stereocenters. The molecule has 1 saturated carbocycles. The average molecular weight is 359 g/mol. The minimum Gasteiger partial charge on any atom is -0.324 e. The second-order valence-electron chi connectivity index (χ2n) is 6.97. The van der Waals surface area contributed by atoms with Crippen LogP contribution in [0.25, 0.3) is 0 Å². The van der Waals surface area contributed by atoms with E-state index in [1.165, 1.54) is 17.1 Å². The summed E-state index contributed by atoms with van der Waals surface area (Å²) in [5, 5.41) is 10.8. The van der Waals surface area contributed by atoms with Gasteiger partial charge in [-0.2, -0.15) is 5.10 Å². The molecule has 1 saturated heterocycles. The predicted molar refractivity (Wildman–Crippen MR) is 99.2 cm³/mol. The molecule has 0 bridgehead atoms. The molecule has 1 aliphatic heterocycles. The van der Waals surface area contributed by atoms with Crippen molar-refractivity contribution in [3.05, 3.63) is 28.3 Å². The van der Waals surface area contributed by atoms with Crippen molar-refractivity contribution in [1.29, 1.82) is 0 Å². The van der Waals surface area contributed by atoms with Crippen molar-refractivity contribution in [2.45, 2.75) is 57.4 Å². The fourth-order valence-corrected chi connectivity index (χ4v) is 4.60. The topological polar surface area (TPSA) is 63.1 Å². The van der Waals surface area contributed by atoms with Crippen LogP contribution in [0.5, 0.6) is 0 Å². The van der Waals surface area contributed by atoms with E-state index in [-0.39, 0.29) is 6.03 Å². The second-order valence-corrected chi connectivity index (χ2v) is 7.86. The van der Waals surface area contributed by atoms with E-state index in [1.54, 1.807) is 17.5 Å². The first-order valence-electron chi connectivity index (χ1n) is 9.28. The number of rotatable bonds is 4. The Hall–Kier alpha value is -1.89. The van der Waals surface area contributed by atoms with Gasteiger partial charge in [0.25, 0.3) is 0 Å². The minimum atomic E-state index is -0.00657. The molecule has 1 N–H and O–H groups in total. The summed E-state index contributed by atoms with van der Waals surface area (Å²) in [4.78, 5) is 19.2. The first kappa shape index (κ1) is 16.6. The van der Waals surface area contributed by atoms with Crippen LogP contribution < -0.4 is 5.32 Å². The van der Waals surface area contributed by atoms with Crippen molar-refractivity contribution in [3.8, 4) is 0 Å². The van der Waals surface area contributed by atoms with E-state index in [0.717, 1.165) is 51.0 Å². The zero-order valence-corrected chi connectivity index (χ0v) is 15.5. The number of urea groups is 1. The lowest BCUT2D eigenvalue weighted by molar-refractivity contribution is 0.194.